The van der Waals surface area contributed by atoms with Gasteiger partial charge in [-0.3, -0.25) is 15.1 Å². The first-order valence-electron chi connectivity index (χ1n) is 5.88. The lowest BCUT2D eigenvalue weighted by Crippen LogP contribution is -2.08. The fourth-order valence-corrected chi connectivity index (χ4v) is 1.63. The minimum atomic E-state index is -0.631. The smallest absolute Gasteiger partial charge is 0.311 e. The maximum absolute atomic E-state index is 10.7. The first-order chi connectivity index (χ1) is 9.58. The first-order valence-corrected chi connectivity index (χ1v) is 5.88. The van der Waals surface area contributed by atoms with Crippen LogP contribution in [0.1, 0.15) is 5.56 Å². The van der Waals surface area contributed by atoms with E-state index in [1.54, 1.807) is 18.1 Å². The molecule has 0 aliphatic rings. The van der Waals surface area contributed by atoms with Crippen molar-refractivity contribution in [1.82, 2.24) is 0 Å². The number of nitrogens with zero attached hydrogens (tertiary/aromatic N) is 3. The lowest BCUT2D eigenvalue weighted by molar-refractivity contribution is -0.385. The van der Waals surface area contributed by atoms with Gasteiger partial charge >= 0.3 is 5.69 Å². The molecule has 0 spiro atoms. The van der Waals surface area contributed by atoms with Crippen molar-refractivity contribution in [2.24, 2.45) is 5.10 Å². The van der Waals surface area contributed by atoms with Gasteiger partial charge in [0.25, 0.3) is 0 Å². The SMILES string of the molecule is CN(/N=C/c1ccc(O)c([N+](=O)[O-])c1)c1ccccc1. The average Bonchev–Trinajstić information content (AvgIpc) is 2.46. The number of para-hydroxylation sites is 1. The van der Waals surface area contributed by atoms with Gasteiger partial charge in [0.05, 0.1) is 16.8 Å². The number of phenols is 1. The molecule has 1 N–H and O–H groups in total. The molecule has 0 bridgehead atoms. The number of aromatic hydroxyl groups is 1. The Bertz CT molecular complexity index is 641. The number of hydrogen-bond donors (Lipinski definition) is 1. The fourth-order valence-electron chi connectivity index (χ4n) is 1.63. The molecule has 0 aliphatic carbocycles. The standard InChI is InChI=1S/C14H13N3O3/c1-16(12-5-3-2-4-6-12)15-10-11-7-8-14(18)13(9-11)17(19)20/h2-10,18H,1H3/b15-10+. The topological polar surface area (TPSA) is 79.0 Å². The molecule has 2 aromatic carbocycles. The van der Waals surface area contributed by atoms with Crippen LogP contribution in [0.5, 0.6) is 5.75 Å². The Kier molecular flexibility index (Phi) is 3.95. The number of hydrazone groups is 1. The van der Waals surface area contributed by atoms with E-state index in [9.17, 15) is 15.2 Å². The molecule has 0 amide bonds. The largest absolute Gasteiger partial charge is 0.502 e. The monoisotopic (exact) mass is 271 g/mol. The number of rotatable bonds is 4. The maximum atomic E-state index is 10.7. The van der Waals surface area contributed by atoms with Crippen molar-refractivity contribution in [2.75, 3.05) is 12.1 Å². The van der Waals surface area contributed by atoms with E-state index in [2.05, 4.69) is 5.10 Å². The number of phenolic OH excluding ortho intramolecular Hbond substituents is 1. The lowest BCUT2D eigenvalue weighted by Gasteiger charge is -2.12. The molecule has 2 aromatic rings. The predicted molar refractivity (Wildman–Crippen MR) is 77.2 cm³/mol. The van der Waals surface area contributed by atoms with Gasteiger partial charge < -0.3 is 5.11 Å². The summed E-state index contributed by atoms with van der Waals surface area (Å²) in [7, 11) is 1.78. The molecule has 0 heterocycles. The van der Waals surface area contributed by atoms with Crippen LogP contribution >= 0.6 is 0 Å². The molecule has 6 nitrogen and oxygen atoms in total. The van der Waals surface area contributed by atoms with E-state index >= 15 is 0 Å². The van der Waals surface area contributed by atoms with Gasteiger partial charge in [-0.05, 0) is 24.3 Å². The molecule has 0 fully saturated rings. The van der Waals surface area contributed by atoms with Gasteiger partial charge in [0, 0.05) is 18.7 Å². The van der Waals surface area contributed by atoms with E-state index in [1.807, 2.05) is 30.3 Å². The molecule has 0 unspecified atom stereocenters. The van der Waals surface area contributed by atoms with Crippen LogP contribution in [0, 0.1) is 10.1 Å². The Morgan fingerprint density at radius 3 is 2.60 bits per heavy atom. The van der Waals surface area contributed by atoms with Crippen molar-refractivity contribution >= 4 is 17.6 Å². The zero-order chi connectivity index (χ0) is 14.5. The van der Waals surface area contributed by atoms with Gasteiger partial charge in [-0.25, -0.2) is 0 Å². The summed E-state index contributed by atoms with van der Waals surface area (Å²) < 4.78 is 0. The summed E-state index contributed by atoms with van der Waals surface area (Å²) in [5, 5.41) is 25.9. The molecule has 20 heavy (non-hydrogen) atoms. The predicted octanol–water partition coefficient (Wildman–Crippen LogP) is 2.77. The minimum Gasteiger partial charge on any atom is -0.502 e. The number of anilines is 1. The minimum absolute atomic E-state index is 0.337. The van der Waals surface area contributed by atoms with Crippen molar-refractivity contribution in [3.05, 3.63) is 64.2 Å². The van der Waals surface area contributed by atoms with Gasteiger partial charge in [-0.2, -0.15) is 5.10 Å². The second-order valence-electron chi connectivity index (χ2n) is 4.11. The highest BCUT2D eigenvalue weighted by atomic mass is 16.6. The third-order valence-electron chi connectivity index (χ3n) is 2.71. The zero-order valence-electron chi connectivity index (χ0n) is 10.8. The summed E-state index contributed by atoms with van der Waals surface area (Å²) in [4.78, 5) is 10.1. The van der Waals surface area contributed by atoms with Crippen molar-refractivity contribution in [3.63, 3.8) is 0 Å². The second-order valence-corrected chi connectivity index (χ2v) is 4.11. The first kappa shape index (κ1) is 13.5. The lowest BCUT2D eigenvalue weighted by atomic mass is 10.2. The summed E-state index contributed by atoms with van der Waals surface area (Å²) >= 11 is 0. The summed E-state index contributed by atoms with van der Waals surface area (Å²) in [6, 6.07) is 13.6. The summed E-state index contributed by atoms with van der Waals surface area (Å²) in [6.45, 7) is 0. The third-order valence-corrected chi connectivity index (χ3v) is 2.71. The Morgan fingerprint density at radius 1 is 1.25 bits per heavy atom. The molecule has 0 aromatic heterocycles. The highest BCUT2D eigenvalue weighted by molar-refractivity contribution is 5.82. The molecule has 0 saturated heterocycles. The van der Waals surface area contributed by atoms with Crippen LogP contribution in [0.4, 0.5) is 11.4 Å². The van der Waals surface area contributed by atoms with E-state index < -0.39 is 4.92 Å². The maximum Gasteiger partial charge on any atom is 0.311 e. The van der Waals surface area contributed by atoms with Crippen molar-refractivity contribution in [1.29, 1.82) is 0 Å². The normalized spacial score (nSPS) is 10.7. The number of benzene rings is 2. The Labute approximate surface area is 115 Å². The van der Waals surface area contributed by atoms with E-state index in [4.69, 9.17) is 0 Å². The number of hydrogen-bond acceptors (Lipinski definition) is 5. The van der Waals surface area contributed by atoms with Gasteiger partial charge in [0.15, 0.2) is 5.75 Å². The molecule has 6 heteroatoms. The van der Waals surface area contributed by atoms with E-state index in [-0.39, 0.29) is 11.4 Å². The summed E-state index contributed by atoms with van der Waals surface area (Å²) in [5.74, 6) is -0.358. The molecule has 2 rings (SSSR count). The van der Waals surface area contributed by atoms with Crippen LogP contribution in [0.2, 0.25) is 0 Å². The number of nitro groups is 1. The van der Waals surface area contributed by atoms with Crippen molar-refractivity contribution in [2.45, 2.75) is 0 Å². The van der Waals surface area contributed by atoms with Crippen LogP contribution in [0.15, 0.2) is 53.6 Å². The van der Waals surface area contributed by atoms with Gasteiger partial charge in [0.1, 0.15) is 0 Å². The van der Waals surface area contributed by atoms with Gasteiger partial charge in [-0.1, -0.05) is 18.2 Å². The molecule has 0 aliphatic heterocycles. The van der Waals surface area contributed by atoms with E-state index in [0.717, 1.165) is 5.69 Å². The highest BCUT2D eigenvalue weighted by Gasteiger charge is 2.12. The van der Waals surface area contributed by atoms with Crippen LogP contribution < -0.4 is 5.01 Å². The quantitative estimate of drug-likeness (QED) is 0.527. The van der Waals surface area contributed by atoms with Gasteiger partial charge in [-0.15, -0.1) is 0 Å². The van der Waals surface area contributed by atoms with E-state index in [1.165, 1.54) is 18.3 Å². The second kappa shape index (κ2) is 5.83. The molecular weight excluding hydrogens is 258 g/mol. The van der Waals surface area contributed by atoms with Crippen molar-refractivity contribution < 1.29 is 10.0 Å². The highest BCUT2D eigenvalue weighted by Crippen LogP contribution is 2.25. The molecule has 0 radical (unpaired) electrons. The van der Waals surface area contributed by atoms with Crippen LogP contribution in [-0.4, -0.2) is 23.3 Å². The Morgan fingerprint density at radius 2 is 1.95 bits per heavy atom. The number of nitro benzene ring substituents is 1. The van der Waals surface area contributed by atoms with E-state index in [0.29, 0.717) is 5.56 Å². The van der Waals surface area contributed by atoms with Crippen molar-refractivity contribution in [3.8, 4) is 5.75 Å². The molecule has 0 atom stereocenters. The molecular formula is C14H13N3O3. The fraction of sp³-hybridized carbons (Fsp3) is 0.0714. The third kappa shape index (κ3) is 3.11. The zero-order valence-corrected chi connectivity index (χ0v) is 10.8. The Hall–Kier alpha value is -2.89. The Balaban J connectivity index is 2.20. The van der Waals surface area contributed by atoms with Crippen LogP contribution in [0.25, 0.3) is 0 Å². The molecule has 0 saturated carbocycles. The van der Waals surface area contributed by atoms with Crippen LogP contribution in [-0.2, 0) is 0 Å². The van der Waals surface area contributed by atoms with Crippen LogP contribution in [0.3, 0.4) is 0 Å². The van der Waals surface area contributed by atoms with Gasteiger partial charge in [0.2, 0.25) is 0 Å². The average molecular weight is 271 g/mol. The summed E-state index contributed by atoms with van der Waals surface area (Å²) in [6.07, 6.45) is 1.50. The summed E-state index contributed by atoms with van der Waals surface area (Å²) in [5.41, 5.74) is 1.10. The molecule has 102 valence electrons.